The Bertz CT molecular complexity index is 643. The van der Waals surface area contributed by atoms with Crippen LogP contribution in [0.15, 0.2) is 28.2 Å². The van der Waals surface area contributed by atoms with Gasteiger partial charge in [-0.2, -0.15) is 0 Å². The van der Waals surface area contributed by atoms with Gasteiger partial charge in [0.2, 0.25) is 0 Å². The lowest BCUT2D eigenvalue weighted by molar-refractivity contribution is -0.222. The average Bonchev–Trinajstić information content (AvgIpc) is 2.48. The number of benzene rings is 1. The monoisotopic (exact) mass is 398 g/mol. The van der Waals surface area contributed by atoms with Gasteiger partial charge in [-0.25, -0.2) is 9.59 Å². The Kier molecular flexibility index (Phi) is 6.01. The summed E-state index contributed by atoms with van der Waals surface area (Å²) < 4.78 is 21.8. The normalized spacial score (nSPS) is 16.4. The molecule has 1 fully saturated rings. The minimum Gasteiger partial charge on any atom is -0.491 e. The molecule has 1 aromatic carbocycles. The molecule has 0 saturated carbocycles. The summed E-state index contributed by atoms with van der Waals surface area (Å²) in [6, 6.07) is 5.29. The highest BCUT2D eigenvalue weighted by Crippen LogP contribution is 2.29. The van der Waals surface area contributed by atoms with Crippen LogP contribution in [0.25, 0.3) is 6.08 Å². The van der Waals surface area contributed by atoms with Crippen LogP contribution in [-0.2, 0) is 23.8 Å². The number of hydrogen-bond acceptors (Lipinski definition) is 6. The van der Waals surface area contributed by atoms with Crippen molar-refractivity contribution in [2.75, 3.05) is 19.8 Å². The lowest BCUT2D eigenvalue weighted by atomic mass is 10.1. The van der Waals surface area contributed by atoms with E-state index < -0.39 is 17.7 Å². The molecule has 1 saturated heterocycles. The molecule has 0 N–H and O–H groups in total. The Balaban J connectivity index is 2.25. The topological polar surface area (TPSA) is 71.1 Å². The van der Waals surface area contributed by atoms with Crippen molar-refractivity contribution in [2.24, 2.45) is 0 Å². The van der Waals surface area contributed by atoms with Crippen LogP contribution in [-0.4, -0.2) is 37.5 Å². The molecule has 2 rings (SSSR count). The zero-order valence-electron chi connectivity index (χ0n) is 13.8. The van der Waals surface area contributed by atoms with Gasteiger partial charge < -0.3 is 18.9 Å². The first-order valence-electron chi connectivity index (χ1n) is 7.51. The van der Waals surface area contributed by atoms with Crippen LogP contribution < -0.4 is 4.74 Å². The minimum absolute atomic E-state index is 0.179. The van der Waals surface area contributed by atoms with Crippen LogP contribution in [0, 0.1) is 0 Å². The molecule has 0 spiro atoms. The number of hydrogen-bond donors (Lipinski definition) is 0. The van der Waals surface area contributed by atoms with Gasteiger partial charge >= 0.3 is 11.9 Å². The van der Waals surface area contributed by atoms with Gasteiger partial charge in [0.05, 0.1) is 6.61 Å². The van der Waals surface area contributed by atoms with Crippen molar-refractivity contribution < 1.29 is 28.5 Å². The Morgan fingerprint density at radius 1 is 1.17 bits per heavy atom. The van der Waals surface area contributed by atoms with Crippen molar-refractivity contribution in [3.63, 3.8) is 0 Å². The SMILES string of the molecule is CCOCCOc1ccc(Br)cc1C=C1C(=O)OC(C)(C)OC1=O. The fourth-order valence-electron chi connectivity index (χ4n) is 2.05. The van der Waals surface area contributed by atoms with E-state index in [4.69, 9.17) is 18.9 Å². The fraction of sp³-hybridized carbons (Fsp3) is 0.412. The second-order valence-electron chi connectivity index (χ2n) is 5.46. The summed E-state index contributed by atoms with van der Waals surface area (Å²) in [7, 11) is 0. The number of cyclic esters (lactones) is 2. The smallest absolute Gasteiger partial charge is 0.348 e. The van der Waals surface area contributed by atoms with E-state index in [1.165, 1.54) is 19.9 Å². The third-order valence-electron chi connectivity index (χ3n) is 3.08. The Hall–Kier alpha value is -1.86. The van der Waals surface area contributed by atoms with Gasteiger partial charge in [0.15, 0.2) is 0 Å². The second kappa shape index (κ2) is 7.81. The van der Waals surface area contributed by atoms with Crippen LogP contribution in [0.5, 0.6) is 5.75 Å². The van der Waals surface area contributed by atoms with Crippen LogP contribution in [0.1, 0.15) is 26.3 Å². The summed E-state index contributed by atoms with van der Waals surface area (Å²) in [5, 5.41) is 0. The van der Waals surface area contributed by atoms with E-state index in [9.17, 15) is 9.59 Å². The van der Waals surface area contributed by atoms with Crippen molar-refractivity contribution in [1.82, 2.24) is 0 Å². The number of esters is 2. The van der Waals surface area contributed by atoms with Gasteiger partial charge in [0.1, 0.15) is 17.9 Å². The quantitative estimate of drug-likeness (QED) is 0.317. The fourth-order valence-corrected chi connectivity index (χ4v) is 2.43. The standard InChI is InChI=1S/C17H19BrO6/c1-4-21-7-8-22-14-6-5-12(18)9-11(14)10-13-15(19)23-17(2,3)24-16(13)20/h5-6,9-10H,4,7-8H2,1-3H3. The van der Waals surface area contributed by atoms with Crippen molar-refractivity contribution in [2.45, 2.75) is 26.6 Å². The van der Waals surface area contributed by atoms with E-state index in [1.54, 1.807) is 18.2 Å². The minimum atomic E-state index is -1.26. The Morgan fingerprint density at radius 3 is 2.46 bits per heavy atom. The molecule has 1 aromatic rings. The highest BCUT2D eigenvalue weighted by Gasteiger charge is 2.39. The number of carbonyl (C=O) groups excluding carboxylic acids is 2. The zero-order valence-corrected chi connectivity index (χ0v) is 15.3. The van der Waals surface area contributed by atoms with Crippen molar-refractivity contribution in [1.29, 1.82) is 0 Å². The van der Waals surface area contributed by atoms with Crippen LogP contribution in [0.2, 0.25) is 0 Å². The molecule has 1 heterocycles. The molecule has 0 unspecified atom stereocenters. The molecule has 0 amide bonds. The largest absolute Gasteiger partial charge is 0.491 e. The number of halogens is 1. The van der Waals surface area contributed by atoms with Crippen molar-refractivity contribution in [3.8, 4) is 5.75 Å². The second-order valence-corrected chi connectivity index (χ2v) is 6.38. The van der Waals surface area contributed by atoms with Crippen LogP contribution in [0.4, 0.5) is 0 Å². The molecule has 1 aliphatic heterocycles. The third kappa shape index (κ3) is 4.82. The van der Waals surface area contributed by atoms with Crippen molar-refractivity contribution in [3.05, 3.63) is 33.8 Å². The van der Waals surface area contributed by atoms with E-state index in [0.29, 0.717) is 31.1 Å². The van der Waals surface area contributed by atoms with E-state index in [0.717, 1.165) is 4.47 Å². The maximum atomic E-state index is 12.1. The molecule has 0 bridgehead atoms. The maximum absolute atomic E-state index is 12.1. The summed E-state index contributed by atoms with van der Waals surface area (Å²) in [5.74, 6) is -2.19. The average molecular weight is 399 g/mol. The van der Waals surface area contributed by atoms with Gasteiger partial charge in [-0.1, -0.05) is 15.9 Å². The van der Waals surface area contributed by atoms with Crippen LogP contribution >= 0.6 is 15.9 Å². The zero-order chi connectivity index (χ0) is 17.7. The first kappa shape index (κ1) is 18.5. The number of carbonyl (C=O) groups is 2. The maximum Gasteiger partial charge on any atom is 0.348 e. The highest BCUT2D eigenvalue weighted by atomic mass is 79.9. The molecule has 7 heteroatoms. The molecule has 24 heavy (non-hydrogen) atoms. The summed E-state index contributed by atoms with van der Waals surface area (Å²) in [4.78, 5) is 24.1. The Morgan fingerprint density at radius 2 is 1.83 bits per heavy atom. The predicted octanol–water partition coefficient (Wildman–Crippen LogP) is 3.08. The predicted molar refractivity (Wildman–Crippen MR) is 90.4 cm³/mol. The molecule has 130 valence electrons. The molecular weight excluding hydrogens is 380 g/mol. The van der Waals surface area contributed by atoms with E-state index in [1.807, 2.05) is 6.92 Å². The Labute approximate surface area is 148 Å². The van der Waals surface area contributed by atoms with Crippen molar-refractivity contribution >= 4 is 33.9 Å². The molecule has 0 atom stereocenters. The molecule has 1 aliphatic rings. The number of ether oxygens (including phenoxy) is 4. The summed E-state index contributed by atoms with van der Waals surface area (Å²) >= 11 is 3.36. The van der Waals surface area contributed by atoms with Gasteiger partial charge in [0, 0.05) is 30.5 Å². The van der Waals surface area contributed by atoms with Gasteiger partial charge in [-0.3, -0.25) is 0 Å². The number of rotatable bonds is 6. The third-order valence-corrected chi connectivity index (χ3v) is 3.57. The molecule has 6 nitrogen and oxygen atoms in total. The lowest BCUT2D eigenvalue weighted by Gasteiger charge is -2.29. The van der Waals surface area contributed by atoms with E-state index in [2.05, 4.69) is 15.9 Å². The van der Waals surface area contributed by atoms with E-state index >= 15 is 0 Å². The summed E-state index contributed by atoms with van der Waals surface area (Å²) in [5.41, 5.74) is 0.381. The summed E-state index contributed by atoms with van der Waals surface area (Å²) in [6.45, 7) is 6.31. The van der Waals surface area contributed by atoms with E-state index in [-0.39, 0.29) is 5.57 Å². The summed E-state index contributed by atoms with van der Waals surface area (Å²) in [6.07, 6.45) is 1.40. The highest BCUT2D eigenvalue weighted by molar-refractivity contribution is 9.10. The molecular formula is C17H19BrO6. The van der Waals surface area contributed by atoms with Gasteiger partial charge in [0.25, 0.3) is 5.79 Å². The van der Waals surface area contributed by atoms with Gasteiger partial charge in [-0.15, -0.1) is 0 Å². The first-order valence-corrected chi connectivity index (χ1v) is 8.30. The molecule has 0 radical (unpaired) electrons. The van der Waals surface area contributed by atoms with Gasteiger partial charge in [-0.05, 0) is 31.2 Å². The molecule has 0 aromatic heterocycles. The lowest BCUT2D eigenvalue weighted by Crippen LogP contribution is -2.41. The van der Waals surface area contributed by atoms with Crippen LogP contribution in [0.3, 0.4) is 0 Å². The first-order chi connectivity index (χ1) is 11.3. The molecule has 0 aliphatic carbocycles.